The second kappa shape index (κ2) is 12.7. The molecule has 1 fully saturated rings. The smallest absolute Gasteiger partial charge is 0.333 e. The number of ether oxygens (including phenoxy) is 1. The van der Waals surface area contributed by atoms with E-state index in [0.717, 1.165) is 51.4 Å². The van der Waals surface area contributed by atoms with E-state index >= 15 is 0 Å². The zero-order valence-electron chi connectivity index (χ0n) is 17.7. The number of carboxylic acid groups (broad SMARTS) is 1. The monoisotopic (exact) mass is 374 g/mol. The molecule has 2 atom stereocenters. The summed E-state index contributed by atoms with van der Waals surface area (Å²) >= 11 is 0. The van der Waals surface area contributed by atoms with Crippen molar-refractivity contribution < 1.29 is 14.6 Å². The van der Waals surface area contributed by atoms with Gasteiger partial charge < -0.3 is 9.84 Å². The Kier molecular flexibility index (Phi) is 11.0. The average molecular weight is 375 g/mol. The normalized spacial score (nSPS) is 21.0. The molecule has 1 saturated heterocycles. The molecule has 0 saturated carbocycles. The van der Waals surface area contributed by atoms with Crippen molar-refractivity contribution in [3.8, 4) is 0 Å². The first-order valence-electron chi connectivity index (χ1n) is 10.3. The van der Waals surface area contributed by atoms with Gasteiger partial charge in [-0.1, -0.05) is 41.5 Å². The Morgan fingerprint density at radius 3 is 2.11 bits per heavy atom. The lowest BCUT2D eigenvalue weighted by Crippen LogP contribution is -2.29. The minimum Gasteiger partial charge on any atom is -0.478 e. The van der Waals surface area contributed by atoms with Gasteiger partial charge in [-0.25, -0.2) is 4.79 Å². The minimum absolute atomic E-state index is 0.188. The van der Waals surface area contributed by atoms with Crippen molar-refractivity contribution in [2.24, 2.45) is 5.92 Å². The predicted octanol–water partition coefficient (Wildman–Crippen LogP) is 6.62. The molecule has 1 N–H and O–H groups in total. The summed E-state index contributed by atoms with van der Waals surface area (Å²) in [6, 6.07) is 0. The van der Waals surface area contributed by atoms with Crippen molar-refractivity contribution in [2.45, 2.75) is 85.2 Å². The number of allylic oxidation sites excluding steroid dienone is 6. The maximum atomic E-state index is 10.9. The molecule has 27 heavy (non-hydrogen) atoms. The molecule has 0 aromatic heterocycles. The molecule has 3 nitrogen and oxygen atoms in total. The standard InChI is InChI=1S/C24H38O3/c1-18(2)9-6-10-19(3)11-7-12-20(4)13-8-14-22-15-16-23(27-17-22)21(5)24(25)26/h9,11,13,22-23H,5-8,10,12,14-17H2,1-4H3,(H,25,26)/b19-11+,20-13+. The highest BCUT2D eigenvalue weighted by Gasteiger charge is 2.26. The van der Waals surface area contributed by atoms with E-state index in [9.17, 15) is 4.79 Å². The fraction of sp³-hybridized carbons (Fsp3) is 0.625. The summed E-state index contributed by atoms with van der Waals surface area (Å²) in [5.74, 6) is -0.414. The van der Waals surface area contributed by atoms with E-state index < -0.39 is 5.97 Å². The van der Waals surface area contributed by atoms with Crippen LogP contribution in [0, 0.1) is 5.92 Å². The maximum absolute atomic E-state index is 10.9. The van der Waals surface area contributed by atoms with Gasteiger partial charge in [0, 0.05) is 0 Å². The Hall–Kier alpha value is -1.61. The van der Waals surface area contributed by atoms with Gasteiger partial charge in [0.2, 0.25) is 0 Å². The van der Waals surface area contributed by atoms with Crippen LogP contribution >= 0.6 is 0 Å². The zero-order chi connectivity index (χ0) is 20.2. The van der Waals surface area contributed by atoms with E-state index in [1.165, 1.54) is 16.7 Å². The van der Waals surface area contributed by atoms with Gasteiger partial charge in [0.05, 0.1) is 18.3 Å². The highest BCUT2D eigenvalue weighted by Crippen LogP contribution is 2.26. The second-order valence-corrected chi connectivity index (χ2v) is 8.13. The van der Waals surface area contributed by atoms with Gasteiger partial charge in [0.25, 0.3) is 0 Å². The van der Waals surface area contributed by atoms with E-state index in [1.807, 2.05) is 0 Å². The summed E-state index contributed by atoms with van der Waals surface area (Å²) in [6.07, 6.45) is 15.3. The Labute approximate surface area is 165 Å². The lowest BCUT2D eigenvalue weighted by atomic mass is 9.91. The van der Waals surface area contributed by atoms with Crippen LogP contribution in [0.4, 0.5) is 0 Å². The summed E-state index contributed by atoms with van der Waals surface area (Å²) < 4.78 is 5.70. The molecular weight excluding hydrogens is 336 g/mol. The SMILES string of the molecule is C=C(C(=O)O)C1CCC(CC/C=C(\C)CC/C=C(\C)CCC=C(C)C)CO1. The topological polar surface area (TPSA) is 46.5 Å². The van der Waals surface area contributed by atoms with E-state index in [1.54, 1.807) is 0 Å². The molecule has 1 aliphatic rings. The lowest BCUT2D eigenvalue weighted by Gasteiger charge is -2.28. The highest BCUT2D eigenvalue weighted by molar-refractivity contribution is 5.86. The van der Waals surface area contributed by atoms with Gasteiger partial charge in [-0.05, 0) is 85.0 Å². The largest absolute Gasteiger partial charge is 0.478 e. The van der Waals surface area contributed by atoms with Crippen LogP contribution in [0.1, 0.15) is 79.1 Å². The molecule has 0 radical (unpaired) electrons. The molecule has 0 aliphatic carbocycles. The van der Waals surface area contributed by atoms with Crippen LogP contribution in [0.3, 0.4) is 0 Å². The predicted molar refractivity (Wildman–Crippen MR) is 114 cm³/mol. The Bertz CT molecular complexity index is 568. The lowest BCUT2D eigenvalue weighted by molar-refractivity contribution is -0.134. The van der Waals surface area contributed by atoms with Crippen molar-refractivity contribution in [2.75, 3.05) is 6.61 Å². The van der Waals surface area contributed by atoms with E-state index in [4.69, 9.17) is 9.84 Å². The van der Waals surface area contributed by atoms with Crippen molar-refractivity contribution in [3.05, 3.63) is 47.1 Å². The third kappa shape index (κ3) is 10.3. The van der Waals surface area contributed by atoms with E-state index in [2.05, 4.69) is 52.5 Å². The van der Waals surface area contributed by atoms with Gasteiger partial charge >= 0.3 is 5.97 Å². The first-order chi connectivity index (χ1) is 12.8. The van der Waals surface area contributed by atoms with Gasteiger partial charge in [0.1, 0.15) is 0 Å². The number of carbonyl (C=O) groups is 1. The van der Waals surface area contributed by atoms with Crippen molar-refractivity contribution in [1.82, 2.24) is 0 Å². The van der Waals surface area contributed by atoms with Gasteiger partial charge in [-0.2, -0.15) is 0 Å². The fourth-order valence-corrected chi connectivity index (χ4v) is 3.35. The summed E-state index contributed by atoms with van der Waals surface area (Å²) in [4.78, 5) is 10.9. The molecule has 1 aliphatic heterocycles. The summed E-state index contributed by atoms with van der Waals surface area (Å²) in [7, 11) is 0. The number of hydrogen-bond acceptors (Lipinski definition) is 2. The van der Waals surface area contributed by atoms with Crippen LogP contribution in [-0.2, 0) is 9.53 Å². The number of hydrogen-bond donors (Lipinski definition) is 1. The fourth-order valence-electron chi connectivity index (χ4n) is 3.35. The molecule has 152 valence electrons. The van der Waals surface area contributed by atoms with Gasteiger partial charge in [-0.3, -0.25) is 0 Å². The molecule has 0 spiro atoms. The van der Waals surface area contributed by atoms with Crippen molar-refractivity contribution in [3.63, 3.8) is 0 Å². The van der Waals surface area contributed by atoms with Crippen LogP contribution < -0.4 is 0 Å². The third-order valence-electron chi connectivity index (χ3n) is 5.22. The zero-order valence-corrected chi connectivity index (χ0v) is 17.7. The molecule has 0 aromatic rings. The summed E-state index contributed by atoms with van der Waals surface area (Å²) in [5, 5.41) is 8.98. The van der Waals surface area contributed by atoms with Crippen molar-refractivity contribution >= 4 is 5.97 Å². The Morgan fingerprint density at radius 1 is 1.00 bits per heavy atom. The second-order valence-electron chi connectivity index (χ2n) is 8.13. The Balaban J connectivity index is 2.21. The van der Waals surface area contributed by atoms with E-state index in [0.29, 0.717) is 12.5 Å². The highest BCUT2D eigenvalue weighted by atomic mass is 16.5. The number of carboxylic acids is 1. The third-order valence-corrected chi connectivity index (χ3v) is 5.22. The Morgan fingerprint density at radius 2 is 1.59 bits per heavy atom. The van der Waals surface area contributed by atoms with Crippen LogP contribution in [0.5, 0.6) is 0 Å². The van der Waals surface area contributed by atoms with Gasteiger partial charge in [-0.15, -0.1) is 0 Å². The van der Waals surface area contributed by atoms with Crippen LogP contribution in [0.15, 0.2) is 47.1 Å². The summed E-state index contributed by atoms with van der Waals surface area (Å²) in [6.45, 7) is 13.0. The molecule has 0 amide bonds. The average Bonchev–Trinajstić information content (AvgIpc) is 2.61. The molecule has 1 rings (SSSR count). The number of aliphatic carboxylic acids is 1. The quantitative estimate of drug-likeness (QED) is 0.326. The number of rotatable bonds is 11. The van der Waals surface area contributed by atoms with Crippen LogP contribution in [0.2, 0.25) is 0 Å². The maximum Gasteiger partial charge on any atom is 0.333 e. The summed E-state index contributed by atoms with van der Waals surface area (Å²) in [5.41, 5.74) is 4.52. The molecule has 2 unspecified atom stereocenters. The van der Waals surface area contributed by atoms with Crippen molar-refractivity contribution in [1.29, 1.82) is 0 Å². The molecule has 1 heterocycles. The minimum atomic E-state index is -0.946. The first kappa shape index (κ1) is 23.4. The van der Waals surface area contributed by atoms with Crippen LogP contribution in [-0.4, -0.2) is 23.8 Å². The first-order valence-corrected chi connectivity index (χ1v) is 10.3. The molecule has 0 bridgehead atoms. The van der Waals surface area contributed by atoms with E-state index in [-0.39, 0.29) is 11.7 Å². The van der Waals surface area contributed by atoms with Crippen LogP contribution in [0.25, 0.3) is 0 Å². The van der Waals surface area contributed by atoms with Gasteiger partial charge in [0.15, 0.2) is 0 Å². The molecule has 3 heteroatoms. The molecule has 0 aromatic carbocycles. The molecular formula is C24H38O3.